The summed E-state index contributed by atoms with van der Waals surface area (Å²) in [7, 11) is 0. The van der Waals surface area contributed by atoms with Gasteiger partial charge in [0, 0.05) is 42.1 Å². The predicted octanol–water partition coefficient (Wildman–Crippen LogP) is 2.89. The minimum atomic E-state index is 0.141. The minimum Gasteiger partial charge on any atom is -0.454 e. The standard InChI is InChI=1S/C19H22N2O3/c1-12-8-20-16(13(2)19(12)22)10-21(15-4-5-15)9-14-3-6-17-18(7-14)24-11-23-17/h3,6-8,15H,4-5,9-11H2,1-2H3,(H,20,22). The summed E-state index contributed by atoms with van der Waals surface area (Å²) in [5.41, 5.74) is 3.95. The van der Waals surface area contributed by atoms with Crippen molar-refractivity contribution in [3.05, 3.63) is 57.0 Å². The Morgan fingerprint density at radius 2 is 1.96 bits per heavy atom. The molecule has 0 radical (unpaired) electrons. The number of aromatic amines is 1. The van der Waals surface area contributed by atoms with Gasteiger partial charge in [-0.1, -0.05) is 6.07 Å². The Morgan fingerprint density at radius 1 is 1.17 bits per heavy atom. The Morgan fingerprint density at radius 3 is 2.75 bits per heavy atom. The summed E-state index contributed by atoms with van der Waals surface area (Å²) in [6, 6.07) is 6.72. The van der Waals surface area contributed by atoms with Crippen LogP contribution in [-0.4, -0.2) is 22.7 Å². The van der Waals surface area contributed by atoms with Gasteiger partial charge in [-0.05, 0) is 44.4 Å². The third-order valence-electron chi connectivity index (χ3n) is 4.86. The fourth-order valence-corrected chi connectivity index (χ4v) is 3.20. The molecule has 0 unspecified atom stereocenters. The van der Waals surface area contributed by atoms with E-state index in [4.69, 9.17) is 9.47 Å². The van der Waals surface area contributed by atoms with Crippen molar-refractivity contribution < 1.29 is 9.47 Å². The maximum absolute atomic E-state index is 12.2. The number of hydrogen-bond donors (Lipinski definition) is 1. The fourth-order valence-electron chi connectivity index (χ4n) is 3.20. The van der Waals surface area contributed by atoms with Crippen molar-refractivity contribution in [3.8, 4) is 11.5 Å². The number of ether oxygens (including phenoxy) is 2. The largest absolute Gasteiger partial charge is 0.454 e. The molecule has 5 nitrogen and oxygen atoms in total. The number of nitrogens with zero attached hydrogens (tertiary/aromatic N) is 1. The summed E-state index contributed by atoms with van der Waals surface area (Å²) in [5, 5.41) is 0. The predicted molar refractivity (Wildman–Crippen MR) is 91.4 cm³/mol. The molecule has 0 atom stereocenters. The second-order valence-electron chi connectivity index (χ2n) is 6.73. The number of aromatic nitrogens is 1. The smallest absolute Gasteiger partial charge is 0.231 e. The normalized spacial score (nSPS) is 16.0. The van der Waals surface area contributed by atoms with Gasteiger partial charge in [-0.2, -0.15) is 0 Å². The highest BCUT2D eigenvalue weighted by atomic mass is 16.7. The lowest BCUT2D eigenvalue weighted by Gasteiger charge is -2.23. The van der Waals surface area contributed by atoms with Crippen LogP contribution in [-0.2, 0) is 13.1 Å². The fraction of sp³-hybridized carbons (Fsp3) is 0.421. The Balaban J connectivity index is 1.55. The summed E-state index contributed by atoms with van der Waals surface area (Å²) in [4.78, 5) is 17.9. The van der Waals surface area contributed by atoms with Gasteiger partial charge in [0.2, 0.25) is 6.79 Å². The molecule has 126 valence electrons. The van der Waals surface area contributed by atoms with Crippen LogP contribution in [0.5, 0.6) is 11.5 Å². The van der Waals surface area contributed by atoms with Crippen LogP contribution in [0.25, 0.3) is 0 Å². The van der Waals surface area contributed by atoms with E-state index in [1.165, 1.54) is 18.4 Å². The van der Waals surface area contributed by atoms with Crippen molar-refractivity contribution >= 4 is 0 Å². The average molecular weight is 326 g/mol. The number of fused-ring (bicyclic) bond motifs is 1. The first kappa shape index (κ1) is 15.3. The van der Waals surface area contributed by atoms with Crippen molar-refractivity contribution in [2.45, 2.75) is 45.8 Å². The van der Waals surface area contributed by atoms with E-state index in [-0.39, 0.29) is 5.43 Å². The first-order valence-electron chi connectivity index (χ1n) is 8.42. The number of pyridine rings is 1. The molecule has 4 rings (SSSR count). The van der Waals surface area contributed by atoms with Gasteiger partial charge in [-0.15, -0.1) is 0 Å². The molecule has 1 aliphatic carbocycles. The third-order valence-corrected chi connectivity index (χ3v) is 4.86. The zero-order valence-electron chi connectivity index (χ0n) is 14.1. The number of benzene rings is 1. The third kappa shape index (κ3) is 2.91. The van der Waals surface area contributed by atoms with Crippen molar-refractivity contribution in [1.29, 1.82) is 0 Å². The molecule has 1 fully saturated rings. The molecule has 1 N–H and O–H groups in total. The molecule has 24 heavy (non-hydrogen) atoms. The van der Waals surface area contributed by atoms with Crippen LogP contribution in [0.15, 0.2) is 29.2 Å². The highest BCUT2D eigenvalue weighted by molar-refractivity contribution is 5.44. The summed E-state index contributed by atoms with van der Waals surface area (Å²) < 4.78 is 10.9. The average Bonchev–Trinajstić information content (AvgIpc) is 3.32. The highest BCUT2D eigenvalue weighted by Gasteiger charge is 2.30. The maximum Gasteiger partial charge on any atom is 0.231 e. The Hall–Kier alpha value is -2.27. The van der Waals surface area contributed by atoms with Gasteiger partial charge >= 0.3 is 0 Å². The molecule has 2 aliphatic rings. The van der Waals surface area contributed by atoms with E-state index in [1.807, 2.05) is 26.1 Å². The molecule has 1 aliphatic heterocycles. The van der Waals surface area contributed by atoms with Gasteiger partial charge in [0.05, 0.1) is 0 Å². The van der Waals surface area contributed by atoms with Crippen LogP contribution in [0.4, 0.5) is 0 Å². The first-order valence-corrected chi connectivity index (χ1v) is 8.42. The number of aryl methyl sites for hydroxylation is 1. The van der Waals surface area contributed by atoms with Crippen LogP contribution in [0.3, 0.4) is 0 Å². The zero-order valence-corrected chi connectivity index (χ0v) is 14.1. The molecule has 1 aromatic heterocycles. The van der Waals surface area contributed by atoms with Gasteiger partial charge in [-0.25, -0.2) is 0 Å². The van der Waals surface area contributed by atoms with Crippen molar-refractivity contribution in [2.24, 2.45) is 0 Å². The molecule has 2 heterocycles. The van der Waals surface area contributed by atoms with Gasteiger partial charge < -0.3 is 14.5 Å². The Kier molecular flexibility index (Phi) is 3.81. The van der Waals surface area contributed by atoms with E-state index in [1.54, 1.807) is 0 Å². The second-order valence-corrected chi connectivity index (χ2v) is 6.73. The Labute approximate surface area is 141 Å². The highest BCUT2D eigenvalue weighted by Crippen LogP contribution is 2.35. The molecule has 0 bridgehead atoms. The lowest BCUT2D eigenvalue weighted by Crippen LogP contribution is -2.27. The van der Waals surface area contributed by atoms with Gasteiger partial charge in [0.1, 0.15) is 0 Å². The molecule has 5 heteroatoms. The van der Waals surface area contributed by atoms with E-state index in [0.717, 1.165) is 41.4 Å². The van der Waals surface area contributed by atoms with E-state index in [2.05, 4.69) is 22.0 Å². The van der Waals surface area contributed by atoms with Crippen LogP contribution in [0.1, 0.15) is 35.2 Å². The van der Waals surface area contributed by atoms with Crippen LogP contribution < -0.4 is 14.9 Å². The van der Waals surface area contributed by atoms with E-state index >= 15 is 0 Å². The SMILES string of the molecule is Cc1c[nH]c(CN(Cc2ccc3c(c2)OCO3)C2CC2)c(C)c1=O. The number of hydrogen-bond acceptors (Lipinski definition) is 4. The lowest BCUT2D eigenvalue weighted by atomic mass is 10.1. The second kappa shape index (κ2) is 5.98. The maximum atomic E-state index is 12.2. The van der Waals surface area contributed by atoms with E-state index in [9.17, 15) is 4.79 Å². The van der Waals surface area contributed by atoms with E-state index < -0.39 is 0 Å². The summed E-state index contributed by atoms with van der Waals surface area (Å²) in [5.74, 6) is 1.64. The topological polar surface area (TPSA) is 54.6 Å². The van der Waals surface area contributed by atoms with Gasteiger partial charge in [0.25, 0.3) is 0 Å². The van der Waals surface area contributed by atoms with E-state index in [0.29, 0.717) is 12.8 Å². The number of nitrogens with one attached hydrogen (secondary N) is 1. The molecule has 0 amide bonds. The molecule has 1 aromatic carbocycles. The van der Waals surface area contributed by atoms with Crippen molar-refractivity contribution in [1.82, 2.24) is 9.88 Å². The molecular formula is C19H22N2O3. The summed E-state index contributed by atoms with van der Waals surface area (Å²) in [6.45, 7) is 5.67. The van der Waals surface area contributed by atoms with Gasteiger partial charge in [-0.3, -0.25) is 9.69 Å². The first-order chi connectivity index (χ1) is 11.6. The summed E-state index contributed by atoms with van der Waals surface area (Å²) in [6.07, 6.45) is 4.26. The van der Waals surface area contributed by atoms with Crippen molar-refractivity contribution in [2.75, 3.05) is 6.79 Å². The van der Waals surface area contributed by atoms with Crippen LogP contribution in [0.2, 0.25) is 0 Å². The number of rotatable bonds is 5. The zero-order chi connectivity index (χ0) is 16.7. The minimum absolute atomic E-state index is 0.141. The van der Waals surface area contributed by atoms with Gasteiger partial charge in [0.15, 0.2) is 16.9 Å². The number of H-pyrrole nitrogens is 1. The molecule has 2 aromatic rings. The van der Waals surface area contributed by atoms with Crippen molar-refractivity contribution in [3.63, 3.8) is 0 Å². The monoisotopic (exact) mass is 326 g/mol. The Bertz CT molecular complexity index is 824. The summed E-state index contributed by atoms with van der Waals surface area (Å²) >= 11 is 0. The molecule has 1 saturated carbocycles. The van der Waals surface area contributed by atoms with Crippen LogP contribution >= 0.6 is 0 Å². The lowest BCUT2D eigenvalue weighted by molar-refractivity contribution is 0.174. The molecular weight excluding hydrogens is 304 g/mol. The molecule has 0 spiro atoms. The van der Waals surface area contributed by atoms with Crippen LogP contribution in [0, 0.1) is 13.8 Å². The quantitative estimate of drug-likeness (QED) is 0.918. The molecule has 0 saturated heterocycles.